The quantitative estimate of drug-likeness (QED) is 0.901. The molecular weight excluding hydrogens is 261 g/mol. The number of benzene rings is 1. The molecule has 1 heterocycles. The van der Waals surface area contributed by atoms with Crippen molar-refractivity contribution < 1.29 is 22.7 Å². The van der Waals surface area contributed by atoms with Crippen molar-refractivity contribution >= 4 is 11.7 Å². The first-order chi connectivity index (χ1) is 8.66. The summed E-state index contributed by atoms with van der Waals surface area (Å²) in [5.41, 5.74) is 0.163. The molecule has 104 valence electrons. The van der Waals surface area contributed by atoms with Gasteiger partial charge in [-0.25, -0.2) is 4.79 Å². The Balaban J connectivity index is 2.13. The van der Waals surface area contributed by atoms with Gasteiger partial charge < -0.3 is 10.1 Å². The minimum atomic E-state index is -4.71. The number of nitrogens with zero attached hydrogens (tertiary/aromatic N) is 1. The minimum absolute atomic E-state index is 0.269. The van der Waals surface area contributed by atoms with Gasteiger partial charge in [-0.05, 0) is 38.1 Å². The highest BCUT2D eigenvalue weighted by atomic mass is 19.4. The summed E-state index contributed by atoms with van der Waals surface area (Å²) in [5.74, 6) is -0.310. The fraction of sp³-hybridized carbons (Fsp3) is 0.417. The van der Waals surface area contributed by atoms with Gasteiger partial charge in [-0.2, -0.15) is 0 Å². The smallest absolute Gasteiger partial charge is 0.406 e. The molecule has 1 fully saturated rings. The van der Waals surface area contributed by atoms with E-state index in [4.69, 9.17) is 0 Å². The highest BCUT2D eigenvalue weighted by Gasteiger charge is 2.35. The molecule has 7 heteroatoms. The van der Waals surface area contributed by atoms with E-state index in [-0.39, 0.29) is 17.3 Å². The molecule has 19 heavy (non-hydrogen) atoms. The van der Waals surface area contributed by atoms with Crippen LogP contribution in [0.5, 0.6) is 5.75 Å². The summed E-state index contributed by atoms with van der Waals surface area (Å²) in [7, 11) is 0. The molecule has 1 aliphatic heterocycles. The number of carbonyl (C=O) groups excluding carboxylic acids is 1. The molecule has 0 saturated carbocycles. The summed E-state index contributed by atoms with van der Waals surface area (Å²) in [6, 6.07) is 4.93. The zero-order valence-corrected chi connectivity index (χ0v) is 10.4. The fourth-order valence-corrected chi connectivity index (χ4v) is 1.90. The van der Waals surface area contributed by atoms with Crippen LogP contribution in [0.3, 0.4) is 0 Å². The summed E-state index contributed by atoms with van der Waals surface area (Å²) >= 11 is 0. The van der Waals surface area contributed by atoms with Crippen molar-refractivity contribution in [3.63, 3.8) is 0 Å². The van der Waals surface area contributed by atoms with Crippen LogP contribution in [-0.2, 0) is 0 Å². The number of nitrogens with one attached hydrogen (secondary N) is 1. The van der Waals surface area contributed by atoms with Crippen LogP contribution in [-0.4, -0.2) is 24.5 Å². The lowest BCUT2D eigenvalue weighted by Crippen LogP contribution is -2.36. The van der Waals surface area contributed by atoms with Crippen molar-refractivity contribution in [3.05, 3.63) is 24.3 Å². The van der Waals surface area contributed by atoms with Crippen LogP contribution in [0.1, 0.15) is 13.8 Å². The number of anilines is 1. The molecule has 0 spiro atoms. The lowest BCUT2D eigenvalue weighted by atomic mass is 10.1. The molecule has 1 aromatic rings. The molecule has 1 aromatic carbocycles. The lowest BCUT2D eigenvalue weighted by molar-refractivity contribution is -0.274. The number of halogens is 3. The Bertz CT molecular complexity index is 483. The fourth-order valence-electron chi connectivity index (χ4n) is 1.90. The molecule has 2 amide bonds. The number of urea groups is 1. The van der Waals surface area contributed by atoms with Crippen molar-refractivity contribution in [1.29, 1.82) is 0 Å². The Morgan fingerprint density at radius 3 is 2.26 bits per heavy atom. The maximum absolute atomic E-state index is 12.0. The summed E-state index contributed by atoms with van der Waals surface area (Å²) in [6.45, 7) is 4.18. The van der Waals surface area contributed by atoms with E-state index >= 15 is 0 Å². The first-order valence-electron chi connectivity index (χ1n) is 5.62. The van der Waals surface area contributed by atoms with Crippen LogP contribution in [0.15, 0.2) is 24.3 Å². The minimum Gasteiger partial charge on any atom is -0.406 e. The van der Waals surface area contributed by atoms with E-state index in [1.54, 1.807) is 0 Å². The first-order valence-corrected chi connectivity index (χ1v) is 5.62. The van der Waals surface area contributed by atoms with Gasteiger partial charge in [0.25, 0.3) is 0 Å². The van der Waals surface area contributed by atoms with Gasteiger partial charge in [0.05, 0.1) is 12.1 Å². The van der Waals surface area contributed by atoms with E-state index in [0.717, 1.165) is 0 Å². The number of hydrogen-bond donors (Lipinski definition) is 1. The molecule has 0 atom stereocenters. The highest BCUT2D eigenvalue weighted by molar-refractivity contribution is 5.95. The highest BCUT2D eigenvalue weighted by Crippen LogP contribution is 2.27. The van der Waals surface area contributed by atoms with Gasteiger partial charge >= 0.3 is 12.4 Å². The molecule has 0 aromatic heterocycles. The molecule has 4 nitrogen and oxygen atoms in total. The largest absolute Gasteiger partial charge is 0.573 e. The van der Waals surface area contributed by atoms with Crippen molar-refractivity contribution in [3.8, 4) is 5.75 Å². The lowest BCUT2D eigenvalue weighted by Gasteiger charge is -2.18. The molecule has 0 unspecified atom stereocenters. The van der Waals surface area contributed by atoms with Crippen LogP contribution in [0, 0.1) is 0 Å². The van der Waals surface area contributed by atoms with Crippen LogP contribution >= 0.6 is 0 Å². The zero-order chi connectivity index (χ0) is 14.3. The van der Waals surface area contributed by atoms with Crippen LogP contribution in [0.2, 0.25) is 0 Å². The third kappa shape index (κ3) is 3.30. The Hall–Kier alpha value is -1.92. The second kappa shape index (κ2) is 4.32. The third-order valence-electron chi connectivity index (χ3n) is 2.63. The number of hydrogen-bond acceptors (Lipinski definition) is 2. The molecular formula is C12H13F3N2O2. The maximum Gasteiger partial charge on any atom is 0.573 e. The monoisotopic (exact) mass is 274 g/mol. The summed E-state index contributed by atoms with van der Waals surface area (Å²) in [6.07, 6.45) is -4.71. The van der Waals surface area contributed by atoms with Crippen molar-refractivity contribution in [2.75, 3.05) is 11.4 Å². The van der Waals surface area contributed by atoms with Crippen molar-refractivity contribution in [2.24, 2.45) is 0 Å². The van der Waals surface area contributed by atoms with E-state index in [1.807, 2.05) is 13.8 Å². The number of carbonyl (C=O) groups is 1. The second-order valence-corrected chi connectivity index (χ2v) is 4.94. The van der Waals surface area contributed by atoms with E-state index in [2.05, 4.69) is 10.1 Å². The Morgan fingerprint density at radius 2 is 1.84 bits per heavy atom. The standard InChI is InChI=1S/C12H13F3N2O2/c1-11(2)7-17(10(18)16-11)8-3-5-9(6-4-8)19-12(13,14)15/h3-6H,7H2,1-2H3,(H,16,18). The number of alkyl halides is 3. The van der Waals surface area contributed by atoms with Gasteiger partial charge in [0.15, 0.2) is 0 Å². The van der Waals surface area contributed by atoms with E-state index in [1.165, 1.54) is 29.2 Å². The molecule has 1 saturated heterocycles. The van der Waals surface area contributed by atoms with Gasteiger partial charge in [-0.1, -0.05) is 0 Å². The van der Waals surface area contributed by atoms with E-state index < -0.39 is 6.36 Å². The second-order valence-electron chi connectivity index (χ2n) is 4.94. The topological polar surface area (TPSA) is 41.6 Å². The van der Waals surface area contributed by atoms with Crippen LogP contribution < -0.4 is 15.0 Å². The maximum atomic E-state index is 12.0. The van der Waals surface area contributed by atoms with Gasteiger partial charge in [-0.3, -0.25) is 4.90 Å². The van der Waals surface area contributed by atoms with Crippen molar-refractivity contribution in [1.82, 2.24) is 5.32 Å². The number of rotatable bonds is 2. The first kappa shape index (κ1) is 13.5. The molecule has 1 N–H and O–H groups in total. The average molecular weight is 274 g/mol. The van der Waals surface area contributed by atoms with E-state index in [0.29, 0.717) is 12.2 Å². The summed E-state index contributed by atoms with van der Waals surface area (Å²) in [4.78, 5) is 13.2. The Labute approximate surface area is 108 Å². The zero-order valence-electron chi connectivity index (χ0n) is 10.4. The molecule has 1 aliphatic rings. The van der Waals surface area contributed by atoms with Gasteiger partial charge in [0.2, 0.25) is 0 Å². The number of amides is 2. The Kier molecular flexibility index (Phi) is 3.07. The normalized spacial score (nSPS) is 18.4. The molecule has 0 aliphatic carbocycles. The molecule has 2 rings (SSSR count). The SMILES string of the molecule is CC1(C)CN(c2ccc(OC(F)(F)F)cc2)C(=O)N1. The molecule has 0 radical (unpaired) electrons. The number of ether oxygens (including phenoxy) is 1. The van der Waals surface area contributed by atoms with Crippen molar-refractivity contribution in [2.45, 2.75) is 25.7 Å². The van der Waals surface area contributed by atoms with Gasteiger partial charge in [-0.15, -0.1) is 13.2 Å². The van der Waals surface area contributed by atoms with Crippen LogP contribution in [0.4, 0.5) is 23.7 Å². The predicted molar refractivity (Wildman–Crippen MR) is 63.1 cm³/mol. The van der Waals surface area contributed by atoms with Gasteiger partial charge in [0.1, 0.15) is 5.75 Å². The average Bonchev–Trinajstić information content (AvgIpc) is 2.51. The summed E-state index contributed by atoms with van der Waals surface area (Å²) < 4.78 is 39.8. The Morgan fingerprint density at radius 1 is 1.26 bits per heavy atom. The van der Waals surface area contributed by atoms with Crippen LogP contribution in [0.25, 0.3) is 0 Å². The van der Waals surface area contributed by atoms with Gasteiger partial charge in [0, 0.05) is 5.69 Å². The van der Waals surface area contributed by atoms with E-state index in [9.17, 15) is 18.0 Å². The summed E-state index contributed by atoms with van der Waals surface area (Å²) in [5, 5.41) is 2.77. The molecule has 0 bridgehead atoms. The third-order valence-corrected chi connectivity index (χ3v) is 2.63. The predicted octanol–water partition coefficient (Wildman–Crippen LogP) is 2.89.